The number of rotatable bonds is 3. The number of benzene rings is 1. The predicted octanol–water partition coefficient (Wildman–Crippen LogP) is 2.99. The van der Waals surface area contributed by atoms with Gasteiger partial charge in [0.05, 0.1) is 23.3 Å². The van der Waals surface area contributed by atoms with Crippen molar-refractivity contribution < 1.29 is 13.9 Å². The highest BCUT2D eigenvalue weighted by Gasteiger charge is 2.18. The number of fused-ring (bicyclic) bond motifs is 1. The molecule has 0 spiro atoms. The SMILES string of the molecule is O=c1c(-c2c(F)cccc2F)cc2cnc(Cl)cc2n1CCO. The average molecular weight is 337 g/mol. The molecular weight excluding hydrogens is 326 g/mol. The molecule has 4 nitrogen and oxygen atoms in total. The van der Waals surface area contributed by atoms with Gasteiger partial charge in [-0.2, -0.15) is 0 Å². The van der Waals surface area contributed by atoms with E-state index in [1.807, 2.05) is 0 Å². The van der Waals surface area contributed by atoms with Crippen LogP contribution in [-0.2, 0) is 6.54 Å². The summed E-state index contributed by atoms with van der Waals surface area (Å²) in [5, 5.41) is 9.85. The Morgan fingerprint density at radius 1 is 1.22 bits per heavy atom. The lowest BCUT2D eigenvalue weighted by Crippen LogP contribution is -2.24. The highest BCUT2D eigenvalue weighted by atomic mass is 35.5. The van der Waals surface area contributed by atoms with Gasteiger partial charge in [0, 0.05) is 18.1 Å². The van der Waals surface area contributed by atoms with Gasteiger partial charge in [-0.25, -0.2) is 13.8 Å². The summed E-state index contributed by atoms with van der Waals surface area (Å²) in [6, 6.07) is 6.23. The molecule has 0 atom stereocenters. The van der Waals surface area contributed by atoms with E-state index < -0.39 is 22.8 Å². The van der Waals surface area contributed by atoms with E-state index in [4.69, 9.17) is 11.6 Å². The molecule has 0 aliphatic heterocycles. The van der Waals surface area contributed by atoms with Crippen LogP contribution in [-0.4, -0.2) is 21.3 Å². The second-order valence-electron chi connectivity index (χ2n) is 4.90. The third-order valence-corrected chi connectivity index (χ3v) is 3.71. The number of hydrogen-bond donors (Lipinski definition) is 1. The molecule has 0 unspecified atom stereocenters. The minimum absolute atomic E-state index is 0.0282. The first-order chi connectivity index (χ1) is 11.0. The fourth-order valence-corrected chi connectivity index (χ4v) is 2.66. The zero-order valence-corrected chi connectivity index (χ0v) is 12.5. The third kappa shape index (κ3) is 2.71. The lowest BCUT2D eigenvalue weighted by molar-refractivity contribution is 0.276. The summed E-state index contributed by atoms with van der Waals surface area (Å²) < 4.78 is 29.3. The first-order valence-corrected chi connectivity index (χ1v) is 7.15. The van der Waals surface area contributed by atoms with Crippen LogP contribution in [0.1, 0.15) is 0 Å². The Hall–Kier alpha value is -2.31. The number of pyridine rings is 2. The summed E-state index contributed by atoms with van der Waals surface area (Å²) in [7, 11) is 0. The standard InChI is InChI=1S/C16H11ClF2N2O2/c17-14-7-13-9(8-20-14)6-10(16(23)21(13)4-5-22)15-11(18)2-1-3-12(15)19/h1-3,6-8,22H,4-5H2. The molecule has 23 heavy (non-hydrogen) atoms. The summed E-state index contributed by atoms with van der Waals surface area (Å²) in [6.45, 7) is -0.336. The summed E-state index contributed by atoms with van der Waals surface area (Å²) in [4.78, 5) is 16.6. The molecule has 0 aliphatic rings. The van der Waals surface area contributed by atoms with Crippen molar-refractivity contribution in [2.45, 2.75) is 6.54 Å². The molecule has 2 heterocycles. The Balaban J connectivity index is 2.41. The van der Waals surface area contributed by atoms with Crippen molar-refractivity contribution in [1.29, 1.82) is 0 Å². The smallest absolute Gasteiger partial charge is 0.259 e. The average Bonchev–Trinajstić information content (AvgIpc) is 2.51. The van der Waals surface area contributed by atoms with Gasteiger partial charge >= 0.3 is 0 Å². The van der Waals surface area contributed by atoms with E-state index in [1.54, 1.807) is 0 Å². The van der Waals surface area contributed by atoms with Crippen molar-refractivity contribution in [3.8, 4) is 11.1 Å². The Bertz CT molecular complexity index is 936. The Morgan fingerprint density at radius 3 is 2.57 bits per heavy atom. The quantitative estimate of drug-likeness (QED) is 0.748. The normalized spacial score (nSPS) is 11.1. The zero-order valence-electron chi connectivity index (χ0n) is 11.8. The fourth-order valence-electron chi connectivity index (χ4n) is 2.50. The predicted molar refractivity (Wildman–Crippen MR) is 83.5 cm³/mol. The Labute approximate surface area is 134 Å². The van der Waals surface area contributed by atoms with E-state index in [0.29, 0.717) is 10.9 Å². The summed E-state index contributed by atoms with van der Waals surface area (Å²) in [5.74, 6) is -1.67. The fraction of sp³-hybridized carbons (Fsp3) is 0.125. The van der Waals surface area contributed by atoms with Crippen LogP contribution < -0.4 is 5.56 Å². The Kier molecular flexibility index (Phi) is 4.11. The van der Waals surface area contributed by atoms with Gasteiger partial charge in [0.25, 0.3) is 5.56 Å². The van der Waals surface area contributed by atoms with Gasteiger partial charge in [-0.1, -0.05) is 17.7 Å². The second kappa shape index (κ2) is 6.06. The molecule has 0 aliphatic carbocycles. The molecule has 0 fully saturated rings. The second-order valence-corrected chi connectivity index (χ2v) is 5.29. The van der Waals surface area contributed by atoms with Gasteiger partial charge in [-0.3, -0.25) is 4.79 Å². The highest BCUT2D eigenvalue weighted by Crippen LogP contribution is 2.26. The van der Waals surface area contributed by atoms with Crippen molar-refractivity contribution in [1.82, 2.24) is 9.55 Å². The van der Waals surface area contributed by atoms with Crippen molar-refractivity contribution >= 4 is 22.5 Å². The van der Waals surface area contributed by atoms with Crippen LogP contribution in [0.3, 0.4) is 0 Å². The van der Waals surface area contributed by atoms with Crippen LogP contribution >= 0.6 is 11.6 Å². The van der Waals surface area contributed by atoms with E-state index in [1.165, 1.54) is 29.0 Å². The molecule has 0 saturated heterocycles. The summed E-state index contributed by atoms with van der Waals surface area (Å²) in [6.07, 6.45) is 1.41. The van der Waals surface area contributed by atoms with E-state index in [2.05, 4.69) is 4.98 Å². The summed E-state index contributed by atoms with van der Waals surface area (Å²) >= 11 is 5.84. The molecule has 0 saturated carbocycles. The van der Waals surface area contributed by atoms with Crippen LogP contribution in [0.25, 0.3) is 22.0 Å². The van der Waals surface area contributed by atoms with Crippen molar-refractivity contribution in [2.24, 2.45) is 0 Å². The molecule has 0 radical (unpaired) electrons. The van der Waals surface area contributed by atoms with Crippen LogP contribution in [0.5, 0.6) is 0 Å². The van der Waals surface area contributed by atoms with Crippen LogP contribution in [0, 0.1) is 11.6 Å². The maximum atomic E-state index is 14.0. The molecule has 0 amide bonds. The van der Waals surface area contributed by atoms with Gasteiger partial charge < -0.3 is 9.67 Å². The first kappa shape index (κ1) is 15.6. The number of aromatic nitrogens is 2. The van der Waals surface area contributed by atoms with E-state index in [-0.39, 0.29) is 23.9 Å². The molecule has 118 valence electrons. The zero-order chi connectivity index (χ0) is 16.6. The van der Waals surface area contributed by atoms with Crippen LogP contribution in [0.2, 0.25) is 5.15 Å². The largest absolute Gasteiger partial charge is 0.395 e. The first-order valence-electron chi connectivity index (χ1n) is 6.77. The molecule has 3 aromatic rings. The maximum absolute atomic E-state index is 14.0. The number of halogens is 3. The van der Waals surface area contributed by atoms with Crippen molar-refractivity contribution in [3.63, 3.8) is 0 Å². The molecule has 0 bridgehead atoms. The number of aliphatic hydroxyl groups excluding tert-OH is 1. The molecule has 2 aromatic heterocycles. The van der Waals surface area contributed by atoms with Gasteiger partial charge in [-0.05, 0) is 24.3 Å². The minimum Gasteiger partial charge on any atom is -0.395 e. The van der Waals surface area contributed by atoms with Crippen molar-refractivity contribution in [3.05, 3.63) is 63.7 Å². The van der Waals surface area contributed by atoms with Crippen LogP contribution in [0.15, 0.2) is 41.3 Å². The highest BCUT2D eigenvalue weighted by molar-refractivity contribution is 6.30. The maximum Gasteiger partial charge on any atom is 0.259 e. The van der Waals surface area contributed by atoms with Gasteiger partial charge in [-0.15, -0.1) is 0 Å². The van der Waals surface area contributed by atoms with Gasteiger partial charge in [0.2, 0.25) is 0 Å². The number of hydrogen-bond acceptors (Lipinski definition) is 3. The number of nitrogens with zero attached hydrogens (tertiary/aromatic N) is 2. The summed E-state index contributed by atoms with van der Waals surface area (Å²) in [5.41, 5.74) is -0.714. The van der Waals surface area contributed by atoms with Gasteiger partial charge in [0.1, 0.15) is 16.8 Å². The lowest BCUT2D eigenvalue weighted by Gasteiger charge is -2.13. The monoisotopic (exact) mass is 336 g/mol. The molecule has 1 aromatic carbocycles. The number of aliphatic hydroxyl groups is 1. The Morgan fingerprint density at radius 2 is 1.91 bits per heavy atom. The third-order valence-electron chi connectivity index (χ3n) is 3.50. The lowest BCUT2D eigenvalue weighted by atomic mass is 10.0. The van der Waals surface area contributed by atoms with E-state index in [0.717, 1.165) is 12.1 Å². The topological polar surface area (TPSA) is 55.1 Å². The van der Waals surface area contributed by atoms with E-state index >= 15 is 0 Å². The molecular formula is C16H11ClF2N2O2. The minimum atomic E-state index is -0.834. The van der Waals surface area contributed by atoms with Crippen molar-refractivity contribution in [2.75, 3.05) is 6.61 Å². The van der Waals surface area contributed by atoms with E-state index in [9.17, 15) is 18.7 Å². The van der Waals surface area contributed by atoms with Crippen LogP contribution in [0.4, 0.5) is 8.78 Å². The molecule has 1 N–H and O–H groups in total. The van der Waals surface area contributed by atoms with Gasteiger partial charge in [0.15, 0.2) is 0 Å². The molecule has 3 rings (SSSR count). The molecule has 7 heteroatoms.